The zero-order valence-corrected chi connectivity index (χ0v) is 20.0. The van der Waals surface area contributed by atoms with Crippen LogP contribution in [0.3, 0.4) is 0 Å². The average molecular weight is 452 g/mol. The van der Waals surface area contributed by atoms with Crippen molar-refractivity contribution in [1.82, 2.24) is 5.32 Å². The highest BCUT2D eigenvalue weighted by Gasteiger charge is 2.32. The highest BCUT2D eigenvalue weighted by Crippen LogP contribution is 2.31. The topological polar surface area (TPSA) is 71.0 Å². The fourth-order valence-corrected chi connectivity index (χ4v) is 4.10. The number of nitrogens with zero attached hydrogens (tertiary/aromatic N) is 2. The molecule has 3 rings (SSSR count). The minimum atomic E-state index is -0.212. The number of ether oxygens (including phenoxy) is 1. The van der Waals surface area contributed by atoms with Crippen LogP contribution in [-0.2, 0) is 9.59 Å². The summed E-state index contributed by atoms with van der Waals surface area (Å²) in [5.41, 5.74) is 4.04. The summed E-state index contributed by atoms with van der Waals surface area (Å²) in [6, 6.07) is 13.4. The number of hydrogen-bond donors (Lipinski definition) is 1. The van der Waals surface area contributed by atoms with Crippen LogP contribution >= 0.6 is 11.8 Å². The molecule has 6 nitrogen and oxygen atoms in total. The number of aryl methyl sites for hydroxylation is 2. The second kappa shape index (κ2) is 10.5. The molecule has 0 atom stereocenters. The molecule has 2 amide bonds. The van der Waals surface area contributed by atoms with E-state index in [1.54, 1.807) is 18.1 Å². The van der Waals surface area contributed by atoms with Crippen molar-refractivity contribution in [2.45, 2.75) is 27.7 Å². The van der Waals surface area contributed by atoms with Gasteiger partial charge in [0.1, 0.15) is 11.4 Å². The molecule has 1 heterocycles. The van der Waals surface area contributed by atoms with Crippen LogP contribution in [0.1, 0.15) is 30.5 Å². The van der Waals surface area contributed by atoms with E-state index in [1.165, 1.54) is 11.8 Å². The van der Waals surface area contributed by atoms with Crippen molar-refractivity contribution < 1.29 is 14.3 Å². The molecule has 7 heteroatoms. The molecule has 0 aliphatic carbocycles. The number of benzene rings is 2. The SMILES string of the molecule is COc1ccc(/C=C2/N=C(SCC(=O)NCC(C)C)N(c3cc(C)cc(C)c3)C2=O)cc1. The molecule has 1 aliphatic rings. The van der Waals surface area contributed by atoms with Gasteiger partial charge in [-0.25, -0.2) is 4.99 Å². The van der Waals surface area contributed by atoms with Crippen LogP contribution in [0.15, 0.2) is 53.2 Å². The Kier molecular flexibility index (Phi) is 7.75. The number of methoxy groups -OCH3 is 1. The monoisotopic (exact) mass is 451 g/mol. The van der Waals surface area contributed by atoms with Gasteiger partial charge in [-0.1, -0.05) is 43.8 Å². The Balaban J connectivity index is 1.89. The van der Waals surface area contributed by atoms with Gasteiger partial charge in [0.05, 0.1) is 18.6 Å². The van der Waals surface area contributed by atoms with Gasteiger partial charge in [0.15, 0.2) is 5.17 Å². The van der Waals surface area contributed by atoms with Crippen LogP contribution in [-0.4, -0.2) is 36.4 Å². The lowest BCUT2D eigenvalue weighted by molar-refractivity contribution is -0.118. The maximum atomic E-state index is 13.3. The molecule has 1 N–H and O–H groups in total. The van der Waals surface area contributed by atoms with Crippen LogP contribution < -0.4 is 15.0 Å². The first-order valence-corrected chi connectivity index (χ1v) is 11.5. The number of nitrogens with one attached hydrogen (secondary N) is 1. The van der Waals surface area contributed by atoms with E-state index in [0.29, 0.717) is 23.3 Å². The second-order valence-corrected chi connectivity index (χ2v) is 9.11. The Hall–Kier alpha value is -3.06. The third-order valence-corrected chi connectivity index (χ3v) is 5.69. The number of carbonyl (C=O) groups excluding carboxylic acids is 2. The van der Waals surface area contributed by atoms with Crippen LogP contribution in [0.25, 0.3) is 6.08 Å². The molecular formula is C25H29N3O3S. The predicted molar refractivity (Wildman–Crippen MR) is 132 cm³/mol. The molecule has 1 aliphatic heterocycles. The van der Waals surface area contributed by atoms with Crippen molar-refractivity contribution in [3.63, 3.8) is 0 Å². The number of rotatable bonds is 7. The first-order chi connectivity index (χ1) is 15.3. The van der Waals surface area contributed by atoms with Crippen LogP contribution in [0.5, 0.6) is 5.75 Å². The van der Waals surface area contributed by atoms with Gasteiger partial charge < -0.3 is 10.1 Å². The minimum absolute atomic E-state index is 0.0770. The van der Waals surface area contributed by atoms with E-state index in [1.807, 2.05) is 64.1 Å². The summed E-state index contributed by atoms with van der Waals surface area (Å²) in [6.45, 7) is 8.70. The lowest BCUT2D eigenvalue weighted by Gasteiger charge is -2.19. The molecule has 0 bridgehead atoms. The van der Waals surface area contributed by atoms with Crippen LogP contribution in [0.2, 0.25) is 0 Å². The number of carbonyl (C=O) groups is 2. The molecule has 0 saturated carbocycles. The molecule has 0 saturated heterocycles. The Morgan fingerprint density at radius 2 is 1.81 bits per heavy atom. The Bertz CT molecular complexity index is 1040. The number of hydrogen-bond acceptors (Lipinski definition) is 5. The Morgan fingerprint density at radius 1 is 1.16 bits per heavy atom. The third kappa shape index (κ3) is 6.01. The Labute approximate surface area is 193 Å². The van der Waals surface area contributed by atoms with E-state index in [-0.39, 0.29) is 17.6 Å². The molecular weight excluding hydrogens is 422 g/mol. The molecule has 2 aromatic rings. The normalized spacial score (nSPS) is 14.8. The van der Waals surface area contributed by atoms with Crippen molar-refractivity contribution in [3.05, 3.63) is 64.9 Å². The van der Waals surface area contributed by atoms with Gasteiger partial charge in [0, 0.05) is 6.54 Å². The number of amides is 2. The fourth-order valence-electron chi connectivity index (χ4n) is 3.26. The summed E-state index contributed by atoms with van der Waals surface area (Å²) in [4.78, 5) is 31.8. The standard InChI is InChI=1S/C25H29N3O3S/c1-16(2)14-26-23(29)15-32-25-27-22(13-19-6-8-21(31-5)9-7-19)24(30)28(25)20-11-17(3)10-18(4)12-20/h6-13,16H,14-15H2,1-5H3,(H,26,29)/b22-13+. The highest BCUT2D eigenvalue weighted by molar-refractivity contribution is 8.14. The zero-order chi connectivity index (χ0) is 23.3. The third-order valence-electron chi connectivity index (χ3n) is 4.75. The van der Waals surface area contributed by atoms with E-state index in [2.05, 4.69) is 16.4 Å². The number of anilines is 1. The van der Waals surface area contributed by atoms with Crippen LogP contribution in [0.4, 0.5) is 5.69 Å². The van der Waals surface area contributed by atoms with Gasteiger partial charge in [-0.3, -0.25) is 14.5 Å². The largest absolute Gasteiger partial charge is 0.497 e. The lowest BCUT2D eigenvalue weighted by atomic mass is 10.1. The maximum absolute atomic E-state index is 13.3. The van der Waals surface area contributed by atoms with Gasteiger partial charge in [-0.2, -0.15) is 0 Å². The van der Waals surface area contributed by atoms with E-state index >= 15 is 0 Å². The first kappa shape index (κ1) is 23.6. The quantitative estimate of drug-likeness (QED) is 0.627. The molecule has 2 aromatic carbocycles. The molecule has 0 fully saturated rings. The molecule has 168 valence electrons. The van der Waals surface area contributed by atoms with E-state index in [9.17, 15) is 9.59 Å². The molecule has 0 radical (unpaired) electrons. The number of aliphatic imine (C=N–C) groups is 1. The van der Waals surface area contributed by atoms with E-state index < -0.39 is 0 Å². The molecule has 32 heavy (non-hydrogen) atoms. The number of amidine groups is 1. The zero-order valence-electron chi connectivity index (χ0n) is 19.1. The number of thioether (sulfide) groups is 1. The van der Waals surface area contributed by atoms with Gasteiger partial charge in [0.25, 0.3) is 5.91 Å². The van der Waals surface area contributed by atoms with Crippen molar-refractivity contribution in [1.29, 1.82) is 0 Å². The van der Waals surface area contributed by atoms with Gasteiger partial charge in [0.2, 0.25) is 5.91 Å². The lowest BCUT2D eigenvalue weighted by Crippen LogP contribution is -2.33. The predicted octanol–water partition coefficient (Wildman–Crippen LogP) is 4.56. The summed E-state index contributed by atoms with van der Waals surface area (Å²) in [7, 11) is 1.61. The molecule has 0 aromatic heterocycles. The highest BCUT2D eigenvalue weighted by atomic mass is 32.2. The van der Waals surface area contributed by atoms with Gasteiger partial charge in [-0.15, -0.1) is 0 Å². The molecule has 0 unspecified atom stereocenters. The second-order valence-electron chi connectivity index (χ2n) is 8.17. The van der Waals surface area contributed by atoms with Crippen LogP contribution in [0, 0.1) is 19.8 Å². The smallest absolute Gasteiger partial charge is 0.283 e. The summed E-state index contributed by atoms with van der Waals surface area (Å²) in [5, 5.41) is 3.41. The minimum Gasteiger partial charge on any atom is -0.497 e. The summed E-state index contributed by atoms with van der Waals surface area (Å²) >= 11 is 1.26. The first-order valence-electron chi connectivity index (χ1n) is 10.5. The Morgan fingerprint density at radius 3 is 2.41 bits per heavy atom. The van der Waals surface area contributed by atoms with E-state index in [0.717, 1.165) is 28.1 Å². The maximum Gasteiger partial charge on any atom is 0.283 e. The van der Waals surface area contributed by atoms with Crippen molar-refractivity contribution >= 4 is 40.5 Å². The van der Waals surface area contributed by atoms with Crippen molar-refractivity contribution in [2.24, 2.45) is 10.9 Å². The van der Waals surface area contributed by atoms with Crippen molar-refractivity contribution in [2.75, 3.05) is 24.3 Å². The van der Waals surface area contributed by atoms with E-state index in [4.69, 9.17) is 4.74 Å². The van der Waals surface area contributed by atoms with Gasteiger partial charge in [-0.05, 0) is 66.8 Å². The summed E-state index contributed by atoms with van der Waals surface area (Å²) in [5.74, 6) is 1.02. The summed E-state index contributed by atoms with van der Waals surface area (Å²) < 4.78 is 5.20. The average Bonchev–Trinajstić information content (AvgIpc) is 3.05. The fraction of sp³-hybridized carbons (Fsp3) is 0.320. The molecule has 0 spiro atoms. The van der Waals surface area contributed by atoms with Gasteiger partial charge >= 0.3 is 0 Å². The summed E-state index contributed by atoms with van der Waals surface area (Å²) in [6.07, 6.45) is 1.75. The van der Waals surface area contributed by atoms with Crippen molar-refractivity contribution in [3.8, 4) is 5.75 Å².